The molecule has 0 unspecified atom stereocenters. The number of carbonyl (C=O) groups is 2. The van der Waals surface area contributed by atoms with Crippen molar-refractivity contribution in [2.24, 2.45) is 5.92 Å². The molecule has 0 bridgehead atoms. The normalized spacial score (nSPS) is 11.2. The number of nitrogens with one attached hydrogen (secondary N) is 1. The second kappa shape index (κ2) is 7.51. The Labute approximate surface area is 151 Å². The highest BCUT2D eigenvalue weighted by molar-refractivity contribution is 6.03. The predicted octanol–water partition coefficient (Wildman–Crippen LogP) is 3.13. The molecule has 0 saturated heterocycles. The fourth-order valence-corrected chi connectivity index (χ4v) is 2.78. The molecule has 3 rings (SSSR count). The zero-order valence-electron chi connectivity index (χ0n) is 15.2. The molecule has 0 atom stereocenters. The number of benzene rings is 1. The van der Waals surface area contributed by atoms with Crippen LogP contribution in [0.1, 0.15) is 26.7 Å². The molecule has 7 nitrogen and oxygen atoms in total. The number of hydrogen-bond acceptors (Lipinski definition) is 5. The molecule has 1 aromatic carbocycles. The Kier molecular flexibility index (Phi) is 5.16. The molecule has 7 heteroatoms. The molecule has 0 saturated carbocycles. The molecule has 0 radical (unpaired) electrons. The molecular formula is C19H22N4O3. The molecule has 0 fully saturated rings. The number of esters is 1. The van der Waals surface area contributed by atoms with E-state index in [0.717, 1.165) is 21.9 Å². The van der Waals surface area contributed by atoms with Gasteiger partial charge in [-0.25, -0.2) is 9.67 Å². The van der Waals surface area contributed by atoms with Crippen molar-refractivity contribution < 1.29 is 14.3 Å². The summed E-state index contributed by atoms with van der Waals surface area (Å²) >= 11 is 0. The lowest BCUT2D eigenvalue weighted by Gasteiger charge is -2.05. The second-order valence-corrected chi connectivity index (χ2v) is 6.60. The number of carbonyl (C=O) groups excluding carboxylic acids is 2. The highest BCUT2D eigenvalue weighted by Gasteiger charge is 2.16. The van der Waals surface area contributed by atoms with Crippen LogP contribution in [0.3, 0.4) is 0 Å². The van der Waals surface area contributed by atoms with Crippen molar-refractivity contribution >= 4 is 39.6 Å². The maximum atomic E-state index is 12.2. The van der Waals surface area contributed by atoms with E-state index < -0.39 is 5.97 Å². The summed E-state index contributed by atoms with van der Waals surface area (Å²) in [4.78, 5) is 28.1. The zero-order valence-corrected chi connectivity index (χ0v) is 15.2. The summed E-state index contributed by atoms with van der Waals surface area (Å²) in [7, 11) is 1.30. The van der Waals surface area contributed by atoms with Crippen LogP contribution < -0.4 is 5.32 Å². The summed E-state index contributed by atoms with van der Waals surface area (Å²) in [5.74, 6) is 0.158. The summed E-state index contributed by atoms with van der Waals surface area (Å²) in [5, 5.41) is 9.12. The first kappa shape index (κ1) is 17.8. The third kappa shape index (κ3) is 3.82. The lowest BCUT2D eigenvalue weighted by molar-refractivity contribution is -0.141. The largest absolute Gasteiger partial charge is 0.469 e. The minimum Gasteiger partial charge on any atom is -0.469 e. The SMILES string of the molecule is COC(=O)CCC(=O)Nc1nn(CC(C)C)c2nc3ccccc3cc12. The molecule has 3 aromatic rings. The molecule has 136 valence electrons. The van der Waals surface area contributed by atoms with Gasteiger partial charge in [0.05, 0.1) is 24.4 Å². The van der Waals surface area contributed by atoms with Crippen LogP contribution >= 0.6 is 0 Å². The summed E-state index contributed by atoms with van der Waals surface area (Å²) < 4.78 is 6.39. The van der Waals surface area contributed by atoms with Crippen molar-refractivity contribution in [3.05, 3.63) is 30.3 Å². The fourth-order valence-electron chi connectivity index (χ4n) is 2.78. The van der Waals surface area contributed by atoms with Crippen molar-refractivity contribution in [1.29, 1.82) is 0 Å². The van der Waals surface area contributed by atoms with E-state index in [4.69, 9.17) is 4.98 Å². The number of aromatic nitrogens is 3. The Balaban J connectivity index is 1.97. The quantitative estimate of drug-likeness (QED) is 0.687. The van der Waals surface area contributed by atoms with Crippen LogP contribution in [0.5, 0.6) is 0 Å². The van der Waals surface area contributed by atoms with Gasteiger partial charge >= 0.3 is 5.97 Å². The van der Waals surface area contributed by atoms with Gasteiger partial charge in [-0.3, -0.25) is 9.59 Å². The van der Waals surface area contributed by atoms with Crippen LogP contribution in [-0.4, -0.2) is 33.8 Å². The highest BCUT2D eigenvalue weighted by Crippen LogP contribution is 2.26. The van der Waals surface area contributed by atoms with Crippen molar-refractivity contribution in [2.75, 3.05) is 12.4 Å². The molecule has 26 heavy (non-hydrogen) atoms. The molecule has 1 N–H and O–H groups in total. The number of pyridine rings is 1. The summed E-state index contributed by atoms with van der Waals surface area (Å²) in [6, 6.07) is 9.81. The van der Waals surface area contributed by atoms with E-state index in [1.165, 1.54) is 7.11 Å². The van der Waals surface area contributed by atoms with Gasteiger partial charge in [0.25, 0.3) is 0 Å². The van der Waals surface area contributed by atoms with Crippen molar-refractivity contribution in [2.45, 2.75) is 33.2 Å². The van der Waals surface area contributed by atoms with Gasteiger partial charge in [0, 0.05) is 18.4 Å². The summed E-state index contributed by atoms with van der Waals surface area (Å²) in [5.41, 5.74) is 1.62. The maximum Gasteiger partial charge on any atom is 0.306 e. The minimum absolute atomic E-state index is 0.0359. The monoisotopic (exact) mass is 354 g/mol. The Morgan fingerprint density at radius 1 is 1.23 bits per heavy atom. The van der Waals surface area contributed by atoms with E-state index in [-0.39, 0.29) is 18.7 Å². The van der Waals surface area contributed by atoms with Crippen molar-refractivity contribution in [3.63, 3.8) is 0 Å². The standard InChI is InChI=1S/C19H22N4O3/c1-12(2)11-23-19-14(10-13-6-4-5-7-15(13)20-19)18(22-23)21-16(24)8-9-17(25)26-3/h4-7,10,12H,8-9,11H2,1-3H3,(H,21,22,24). The van der Waals surface area contributed by atoms with Gasteiger partial charge in [-0.15, -0.1) is 0 Å². The third-order valence-corrected chi connectivity index (χ3v) is 4.00. The zero-order chi connectivity index (χ0) is 18.7. The van der Waals surface area contributed by atoms with Crippen molar-refractivity contribution in [1.82, 2.24) is 14.8 Å². The lowest BCUT2D eigenvalue weighted by atomic mass is 10.2. The first-order valence-corrected chi connectivity index (χ1v) is 8.61. The molecule has 2 aromatic heterocycles. The summed E-state index contributed by atoms with van der Waals surface area (Å²) in [6.07, 6.45) is 0.0837. The van der Waals surface area contributed by atoms with Gasteiger partial charge in [0.1, 0.15) is 0 Å². The van der Waals surface area contributed by atoms with E-state index in [2.05, 4.69) is 29.0 Å². The first-order valence-electron chi connectivity index (χ1n) is 8.61. The van der Waals surface area contributed by atoms with Crippen LogP contribution in [-0.2, 0) is 20.9 Å². The van der Waals surface area contributed by atoms with Gasteiger partial charge in [-0.1, -0.05) is 32.0 Å². The Bertz CT molecular complexity index is 962. The van der Waals surface area contributed by atoms with Crippen LogP contribution in [0.25, 0.3) is 21.9 Å². The van der Waals surface area contributed by atoms with Gasteiger partial charge in [0.15, 0.2) is 11.5 Å². The van der Waals surface area contributed by atoms with Crippen LogP contribution in [0.15, 0.2) is 30.3 Å². The number of nitrogens with zero attached hydrogens (tertiary/aromatic N) is 3. The minimum atomic E-state index is -0.414. The Morgan fingerprint density at radius 2 is 2.00 bits per heavy atom. The number of methoxy groups -OCH3 is 1. The first-order chi connectivity index (χ1) is 12.5. The van der Waals surface area contributed by atoms with E-state index in [1.807, 2.05) is 35.0 Å². The van der Waals surface area contributed by atoms with E-state index in [9.17, 15) is 9.59 Å². The number of amides is 1. The van der Waals surface area contributed by atoms with Gasteiger partial charge in [-0.2, -0.15) is 5.10 Å². The maximum absolute atomic E-state index is 12.2. The van der Waals surface area contributed by atoms with Gasteiger partial charge < -0.3 is 10.1 Å². The molecule has 2 heterocycles. The molecule has 0 spiro atoms. The number of anilines is 1. The molecular weight excluding hydrogens is 332 g/mol. The average Bonchev–Trinajstić information content (AvgIpc) is 2.93. The number of fused-ring (bicyclic) bond motifs is 2. The van der Waals surface area contributed by atoms with Crippen LogP contribution in [0.2, 0.25) is 0 Å². The second-order valence-electron chi connectivity index (χ2n) is 6.60. The third-order valence-electron chi connectivity index (χ3n) is 4.00. The molecule has 0 aliphatic carbocycles. The van der Waals surface area contributed by atoms with E-state index >= 15 is 0 Å². The lowest BCUT2D eigenvalue weighted by Crippen LogP contribution is -2.15. The van der Waals surface area contributed by atoms with Crippen LogP contribution in [0, 0.1) is 5.92 Å². The van der Waals surface area contributed by atoms with Gasteiger partial charge in [-0.05, 0) is 18.1 Å². The predicted molar refractivity (Wildman–Crippen MR) is 99.8 cm³/mol. The number of rotatable bonds is 6. The topological polar surface area (TPSA) is 86.1 Å². The fraction of sp³-hybridized carbons (Fsp3) is 0.368. The Hall–Kier alpha value is -2.96. The molecule has 1 amide bonds. The van der Waals surface area contributed by atoms with E-state index in [1.54, 1.807) is 0 Å². The average molecular weight is 354 g/mol. The number of hydrogen-bond donors (Lipinski definition) is 1. The van der Waals surface area contributed by atoms with Gasteiger partial charge in [0.2, 0.25) is 5.91 Å². The van der Waals surface area contributed by atoms with Crippen molar-refractivity contribution in [3.8, 4) is 0 Å². The number of para-hydroxylation sites is 1. The molecule has 0 aliphatic rings. The number of ether oxygens (including phenoxy) is 1. The Morgan fingerprint density at radius 3 is 2.73 bits per heavy atom. The summed E-state index contributed by atoms with van der Waals surface area (Å²) in [6.45, 7) is 4.90. The highest BCUT2D eigenvalue weighted by atomic mass is 16.5. The smallest absolute Gasteiger partial charge is 0.306 e. The van der Waals surface area contributed by atoms with E-state index in [0.29, 0.717) is 18.3 Å². The van der Waals surface area contributed by atoms with Crippen LogP contribution in [0.4, 0.5) is 5.82 Å². The molecule has 0 aliphatic heterocycles.